The molecule has 0 fully saturated rings. The number of hydrogen-bond acceptors (Lipinski definition) is 7. The van der Waals surface area contributed by atoms with Crippen LogP contribution in [0.3, 0.4) is 0 Å². The van der Waals surface area contributed by atoms with Crippen molar-refractivity contribution in [1.82, 2.24) is 5.32 Å². The molecule has 0 saturated carbocycles. The van der Waals surface area contributed by atoms with E-state index in [4.69, 9.17) is 15.6 Å². The molecule has 0 radical (unpaired) electrons. The number of nitrogens with one attached hydrogen (secondary N) is 2. The molecule has 5 N–H and O–H groups in total. The summed E-state index contributed by atoms with van der Waals surface area (Å²) in [6.07, 6.45) is 2.40. The topological polar surface area (TPSA) is 114 Å². The Bertz CT molecular complexity index is 665. The first kappa shape index (κ1) is 15.6. The molecule has 2 rings (SSSR count). The van der Waals surface area contributed by atoms with Crippen LogP contribution in [-0.4, -0.2) is 36.9 Å². The molecule has 7 nitrogen and oxygen atoms in total. The van der Waals surface area contributed by atoms with Gasteiger partial charge in [0, 0.05) is 30.5 Å². The Morgan fingerprint density at radius 2 is 1.86 bits per heavy atom. The average molecular weight is 303 g/mol. The van der Waals surface area contributed by atoms with E-state index in [-0.39, 0.29) is 36.1 Å². The number of nitrogens with two attached hydrogens (primary N) is 1. The lowest BCUT2D eigenvalue weighted by Crippen LogP contribution is -2.28. The first-order chi connectivity index (χ1) is 10.5. The smallest absolute Gasteiger partial charge is 0.204 e. The van der Waals surface area contributed by atoms with E-state index < -0.39 is 0 Å². The first-order valence-corrected chi connectivity index (χ1v) is 6.62. The molecule has 22 heavy (non-hydrogen) atoms. The molecule has 0 aromatic heterocycles. The Hall–Kier alpha value is -2.80. The molecule has 0 heterocycles. The lowest BCUT2D eigenvalue weighted by molar-refractivity contribution is -0.115. The van der Waals surface area contributed by atoms with Gasteiger partial charge in [0.2, 0.25) is 11.6 Å². The number of ether oxygens (including phenoxy) is 1. The van der Waals surface area contributed by atoms with Crippen molar-refractivity contribution in [3.05, 3.63) is 41.7 Å². The van der Waals surface area contributed by atoms with Crippen LogP contribution < -0.4 is 21.1 Å². The van der Waals surface area contributed by atoms with Crippen molar-refractivity contribution >= 4 is 22.9 Å². The minimum Gasteiger partial charge on any atom is -0.494 e. The molecule has 0 amide bonds. The minimum absolute atomic E-state index is 0.129. The number of carbonyl (C=O) groups excluding carboxylic acids is 2. The van der Waals surface area contributed by atoms with Crippen molar-refractivity contribution in [1.29, 1.82) is 0 Å². The number of nitrogen functional groups attached to an aromatic ring is 1. The van der Waals surface area contributed by atoms with E-state index in [1.807, 2.05) is 0 Å². The monoisotopic (exact) mass is 303 g/mol. The third-order valence-electron chi connectivity index (χ3n) is 3.00. The molecule has 0 unspecified atom stereocenters. The molecule has 0 atom stereocenters. The van der Waals surface area contributed by atoms with Crippen LogP contribution in [0.25, 0.3) is 0 Å². The van der Waals surface area contributed by atoms with E-state index in [0.29, 0.717) is 17.1 Å². The largest absolute Gasteiger partial charge is 0.494 e. The molecule has 1 aliphatic rings. The van der Waals surface area contributed by atoms with Crippen LogP contribution >= 0.6 is 0 Å². The molecule has 0 bridgehead atoms. The molecule has 0 aliphatic heterocycles. The predicted octanol–water partition coefficient (Wildman–Crippen LogP) is 0.191. The highest BCUT2D eigenvalue weighted by molar-refractivity contribution is 6.20. The van der Waals surface area contributed by atoms with Gasteiger partial charge >= 0.3 is 0 Å². The number of allylic oxidation sites excluding steroid dienone is 2. The van der Waals surface area contributed by atoms with Crippen molar-refractivity contribution in [3.63, 3.8) is 0 Å². The maximum atomic E-state index is 12.1. The van der Waals surface area contributed by atoms with Crippen LogP contribution in [-0.2, 0) is 9.59 Å². The summed E-state index contributed by atoms with van der Waals surface area (Å²) in [4.78, 5) is 24.0. The highest BCUT2D eigenvalue weighted by atomic mass is 16.5. The minimum atomic E-state index is -0.348. The summed E-state index contributed by atoms with van der Waals surface area (Å²) in [7, 11) is 1.49. The fourth-order valence-electron chi connectivity index (χ4n) is 1.94. The fourth-order valence-corrected chi connectivity index (χ4v) is 1.94. The molecule has 7 heteroatoms. The zero-order valence-corrected chi connectivity index (χ0v) is 12.1. The Kier molecular flexibility index (Phi) is 4.80. The third-order valence-corrected chi connectivity index (χ3v) is 3.00. The van der Waals surface area contributed by atoms with E-state index in [2.05, 4.69) is 10.6 Å². The molecular formula is C15H17N3O4. The Labute approximate surface area is 127 Å². The van der Waals surface area contributed by atoms with Gasteiger partial charge in [-0.05, 0) is 12.1 Å². The maximum absolute atomic E-state index is 12.1. The average Bonchev–Trinajstić information content (AvgIpc) is 2.50. The lowest BCUT2D eigenvalue weighted by atomic mass is 10.1. The van der Waals surface area contributed by atoms with Crippen LogP contribution in [0.4, 0.5) is 11.4 Å². The first-order valence-electron chi connectivity index (χ1n) is 6.62. The van der Waals surface area contributed by atoms with E-state index in [1.165, 1.54) is 19.3 Å². The second kappa shape index (κ2) is 6.77. The van der Waals surface area contributed by atoms with E-state index in [0.717, 1.165) is 0 Å². The molecular weight excluding hydrogens is 286 g/mol. The van der Waals surface area contributed by atoms with Gasteiger partial charge in [-0.1, -0.05) is 0 Å². The van der Waals surface area contributed by atoms with Crippen molar-refractivity contribution in [2.75, 3.05) is 31.3 Å². The zero-order valence-electron chi connectivity index (χ0n) is 12.1. The number of hydrogen-bond donors (Lipinski definition) is 4. The summed E-state index contributed by atoms with van der Waals surface area (Å²) in [6, 6.07) is 4.93. The molecule has 116 valence electrons. The number of aliphatic hydroxyl groups is 1. The van der Waals surface area contributed by atoms with Crippen molar-refractivity contribution in [3.8, 4) is 5.75 Å². The molecule has 1 aliphatic carbocycles. The highest BCUT2D eigenvalue weighted by Crippen LogP contribution is 2.28. The van der Waals surface area contributed by atoms with Gasteiger partial charge in [0.05, 0.1) is 30.8 Å². The summed E-state index contributed by atoms with van der Waals surface area (Å²) in [5.74, 6) is -0.224. The van der Waals surface area contributed by atoms with Gasteiger partial charge in [-0.3, -0.25) is 9.59 Å². The van der Waals surface area contributed by atoms with Crippen LogP contribution in [0, 0.1) is 0 Å². The number of anilines is 2. The van der Waals surface area contributed by atoms with Crippen molar-refractivity contribution in [2.24, 2.45) is 0 Å². The van der Waals surface area contributed by atoms with E-state index in [1.54, 1.807) is 18.2 Å². The van der Waals surface area contributed by atoms with Crippen LogP contribution in [0.5, 0.6) is 5.75 Å². The maximum Gasteiger partial charge on any atom is 0.204 e. The Balaban J connectivity index is 2.18. The normalized spacial score (nSPS) is 14.3. The van der Waals surface area contributed by atoms with Crippen molar-refractivity contribution < 1.29 is 19.4 Å². The SMILES string of the molecule is COc1cc(N)ccc1NC1=CC(=O)C(NCCO)=CC1=O. The number of benzene rings is 1. The van der Waals surface area contributed by atoms with Crippen LogP contribution in [0.15, 0.2) is 41.7 Å². The molecule has 1 aromatic rings. The summed E-state index contributed by atoms with van der Waals surface area (Å²) < 4.78 is 5.18. The third kappa shape index (κ3) is 3.44. The fraction of sp³-hybridized carbons (Fsp3) is 0.200. The number of carbonyl (C=O) groups is 2. The van der Waals surface area contributed by atoms with Crippen LogP contribution in [0.2, 0.25) is 0 Å². The standard InChI is InChI=1S/C15H17N3O4/c1-22-15-6-9(16)2-3-10(15)18-12-8-13(20)11(7-14(12)21)17-4-5-19/h2-3,6-8,17-19H,4-5,16H2,1H3. The highest BCUT2D eigenvalue weighted by Gasteiger charge is 2.21. The second-order valence-corrected chi connectivity index (χ2v) is 4.58. The summed E-state index contributed by atoms with van der Waals surface area (Å²) in [5, 5.41) is 14.3. The molecule has 1 aromatic carbocycles. The Morgan fingerprint density at radius 1 is 1.18 bits per heavy atom. The van der Waals surface area contributed by atoms with Gasteiger partial charge in [-0.2, -0.15) is 0 Å². The molecule has 0 saturated heterocycles. The van der Waals surface area contributed by atoms with Gasteiger partial charge in [0.25, 0.3) is 0 Å². The summed E-state index contributed by atoms with van der Waals surface area (Å²) in [5.41, 5.74) is 7.03. The second-order valence-electron chi connectivity index (χ2n) is 4.58. The summed E-state index contributed by atoms with van der Waals surface area (Å²) in [6.45, 7) is 0.0729. The van der Waals surface area contributed by atoms with Crippen molar-refractivity contribution in [2.45, 2.75) is 0 Å². The number of methoxy groups -OCH3 is 1. The lowest BCUT2D eigenvalue weighted by Gasteiger charge is -2.16. The zero-order chi connectivity index (χ0) is 16.1. The van der Waals surface area contributed by atoms with Gasteiger partial charge in [-0.15, -0.1) is 0 Å². The summed E-state index contributed by atoms with van der Waals surface area (Å²) >= 11 is 0. The van der Waals surface area contributed by atoms with Gasteiger partial charge < -0.3 is 26.2 Å². The van der Waals surface area contributed by atoms with Gasteiger partial charge in [0.1, 0.15) is 5.75 Å². The number of ketones is 2. The quantitative estimate of drug-likeness (QED) is 0.438. The van der Waals surface area contributed by atoms with Gasteiger partial charge in [-0.25, -0.2) is 0 Å². The van der Waals surface area contributed by atoms with Gasteiger partial charge in [0.15, 0.2) is 0 Å². The van der Waals surface area contributed by atoms with Crippen LogP contribution in [0.1, 0.15) is 0 Å². The van der Waals surface area contributed by atoms with E-state index >= 15 is 0 Å². The number of rotatable bonds is 6. The molecule has 0 spiro atoms. The predicted molar refractivity (Wildman–Crippen MR) is 82.3 cm³/mol. The Morgan fingerprint density at radius 3 is 2.55 bits per heavy atom. The van der Waals surface area contributed by atoms with E-state index in [9.17, 15) is 9.59 Å². The number of aliphatic hydroxyl groups excluding tert-OH is 1.